The van der Waals surface area contributed by atoms with Gasteiger partial charge in [-0.15, -0.1) is 5.92 Å². The van der Waals surface area contributed by atoms with Crippen molar-refractivity contribution in [2.75, 3.05) is 36.4 Å². The van der Waals surface area contributed by atoms with Crippen LogP contribution in [-0.2, 0) is 20.1 Å². The number of anilines is 2. The summed E-state index contributed by atoms with van der Waals surface area (Å²) in [7, 11) is 1.50. The Balaban J connectivity index is 1.45. The van der Waals surface area contributed by atoms with Gasteiger partial charge in [0.1, 0.15) is 0 Å². The summed E-state index contributed by atoms with van der Waals surface area (Å²) in [5.74, 6) is 4.13. The van der Waals surface area contributed by atoms with Crippen LogP contribution < -0.4 is 21.5 Å². The molecule has 10 nitrogen and oxygen atoms in total. The maximum atomic E-state index is 13.8. The number of rotatable bonds is 5. The number of aryl methyl sites for hydroxylation is 1. The van der Waals surface area contributed by atoms with Crippen LogP contribution in [0.3, 0.4) is 0 Å². The van der Waals surface area contributed by atoms with Crippen molar-refractivity contribution in [3.05, 3.63) is 85.5 Å². The van der Waals surface area contributed by atoms with E-state index in [1.807, 2.05) is 4.90 Å². The summed E-state index contributed by atoms with van der Waals surface area (Å²) in [5, 5.41) is 3.42. The topological polar surface area (TPSA) is 97.4 Å². The predicted octanol–water partition coefficient (Wildman–Crippen LogP) is 3.25. The quantitative estimate of drug-likeness (QED) is 0.365. The number of benzene rings is 2. The molecule has 0 spiro atoms. The van der Waals surface area contributed by atoms with Crippen LogP contribution >= 0.6 is 11.6 Å². The van der Waals surface area contributed by atoms with Gasteiger partial charge >= 0.3 is 11.7 Å². The van der Waals surface area contributed by atoms with Gasteiger partial charge in [0.2, 0.25) is 5.95 Å². The summed E-state index contributed by atoms with van der Waals surface area (Å²) in [6.45, 7) is 3.19. The lowest BCUT2D eigenvalue weighted by Gasteiger charge is -2.35. The molecular weight excluding hydrogens is 556 g/mol. The lowest BCUT2D eigenvalue weighted by molar-refractivity contribution is 0.208. The van der Waals surface area contributed by atoms with Crippen LogP contribution in [0, 0.1) is 23.5 Å². The van der Waals surface area contributed by atoms with E-state index in [0.717, 1.165) is 16.7 Å². The molecule has 2 aromatic heterocycles. The van der Waals surface area contributed by atoms with Crippen LogP contribution in [0.1, 0.15) is 12.5 Å². The molecule has 1 saturated heterocycles. The number of fused-ring (bicyclic) bond motifs is 1. The van der Waals surface area contributed by atoms with Crippen molar-refractivity contribution in [3.8, 4) is 11.8 Å². The first-order valence-electron chi connectivity index (χ1n) is 12.8. The van der Waals surface area contributed by atoms with Crippen molar-refractivity contribution < 1.29 is 13.6 Å². The molecule has 0 radical (unpaired) electrons. The zero-order chi connectivity index (χ0) is 29.3. The minimum atomic E-state index is -1.07. The Morgan fingerprint density at radius 2 is 1.73 bits per heavy atom. The lowest BCUT2D eigenvalue weighted by atomic mass is 10.2. The summed E-state index contributed by atoms with van der Waals surface area (Å²) >= 11 is 5.92. The number of carbonyl (C=O) groups is 1. The molecule has 2 aromatic carbocycles. The zero-order valence-corrected chi connectivity index (χ0v) is 23.1. The minimum absolute atomic E-state index is 0.137. The minimum Gasteiger partial charge on any atom is -0.339 e. The number of halogens is 3. The van der Waals surface area contributed by atoms with Gasteiger partial charge in [0.05, 0.1) is 13.1 Å². The molecule has 3 heterocycles. The van der Waals surface area contributed by atoms with E-state index in [9.17, 15) is 23.2 Å². The number of amides is 2. The van der Waals surface area contributed by atoms with Crippen LogP contribution in [0.4, 0.5) is 25.2 Å². The van der Waals surface area contributed by atoms with Crippen LogP contribution in [0.2, 0.25) is 5.02 Å². The van der Waals surface area contributed by atoms with E-state index in [1.54, 1.807) is 40.7 Å². The zero-order valence-electron chi connectivity index (χ0n) is 22.3. The SMILES string of the molecule is CC#CCn1c(N2CCN(C(=O)Nc3ccc(Cl)cc3)CC2)nc2c1c(=O)n(Cc1ccc(F)c(F)c1)c(=O)n2C. The van der Waals surface area contributed by atoms with Crippen molar-refractivity contribution in [3.63, 3.8) is 0 Å². The number of nitrogens with one attached hydrogen (secondary N) is 1. The van der Waals surface area contributed by atoms with Crippen LogP contribution in [0.25, 0.3) is 11.2 Å². The summed E-state index contributed by atoms with van der Waals surface area (Å²) < 4.78 is 31.1. The fourth-order valence-corrected chi connectivity index (χ4v) is 4.84. The van der Waals surface area contributed by atoms with Gasteiger partial charge < -0.3 is 15.1 Å². The van der Waals surface area contributed by atoms with Crippen molar-refractivity contribution in [2.45, 2.75) is 20.0 Å². The number of imidazole rings is 1. The van der Waals surface area contributed by atoms with Gasteiger partial charge in [-0.1, -0.05) is 23.6 Å². The van der Waals surface area contributed by atoms with E-state index in [0.29, 0.717) is 42.8 Å². The van der Waals surface area contributed by atoms with Crippen LogP contribution in [0.15, 0.2) is 52.1 Å². The van der Waals surface area contributed by atoms with Crippen LogP contribution in [-0.4, -0.2) is 55.8 Å². The van der Waals surface area contributed by atoms with Crippen LogP contribution in [0.5, 0.6) is 0 Å². The number of urea groups is 1. The number of hydrogen-bond donors (Lipinski definition) is 1. The highest BCUT2D eigenvalue weighted by atomic mass is 35.5. The standard InChI is InChI=1S/C28H26ClF2N7O3/c1-3-4-11-37-23-24(34(2)28(41)38(25(23)39)17-18-5-10-21(30)22(31)16-18)33-26(37)35-12-14-36(15-13-35)27(40)32-20-8-6-19(29)7-9-20/h5-10,16H,11-15,17H2,1-2H3,(H,32,40). The summed E-state index contributed by atoms with van der Waals surface area (Å²) in [6.07, 6.45) is 0. The molecule has 1 aliphatic heterocycles. The normalized spacial score (nSPS) is 13.3. The smallest absolute Gasteiger partial charge is 0.332 e. The van der Waals surface area contributed by atoms with Crippen molar-refractivity contribution in [1.82, 2.24) is 23.6 Å². The molecule has 5 rings (SSSR count). The van der Waals surface area contributed by atoms with E-state index in [1.165, 1.54) is 17.7 Å². The molecule has 0 saturated carbocycles. The third kappa shape index (κ3) is 5.53. The lowest BCUT2D eigenvalue weighted by Crippen LogP contribution is -2.50. The molecule has 0 atom stereocenters. The van der Waals surface area contributed by atoms with Crippen molar-refractivity contribution >= 4 is 40.4 Å². The van der Waals surface area contributed by atoms with Gasteiger partial charge in [-0.25, -0.2) is 18.4 Å². The van der Waals surface area contributed by atoms with Gasteiger partial charge in [0.25, 0.3) is 5.56 Å². The Kier molecular flexibility index (Phi) is 7.81. The first-order valence-corrected chi connectivity index (χ1v) is 13.2. The maximum Gasteiger partial charge on any atom is 0.332 e. The number of piperazine rings is 1. The molecule has 1 N–H and O–H groups in total. The molecule has 41 heavy (non-hydrogen) atoms. The van der Waals surface area contributed by atoms with Crippen molar-refractivity contribution in [1.29, 1.82) is 0 Å². The molecule has 4 aromatic rings. The monoisotopic (exact) mass is 581 g/mol. The second-order valence-corrected chi connectivity index (χ2v) is 9.93. The molecule has 212 valence electrons. The molecule has 0 aliphatic carbocycles. The molecule has 2 amide bonds. The fourth-order valence-electron chi connectivity index (χ4n) is 4.71. The van der Waals surface area contributed by atoms with Gasteiger partial charge in [0, 0.05) is 43.9 Å². The number of carbonyl (C=O) groups excluding carboxylic acids is 1. The van der Waals surface area contributed by atoms with Gasteiger partial charge in [0.15, 0.2) is 22.8 Å². The first-order chi connectivity index (χ1) is 19.7. The van der Waals surface area contributed by atoms with Crippen molar-refractivity contribution in [2.24, 2.45) is 7.05 Å². The second-order valence-electron chi connectivity index (χ2n) is 9.49. The largest absolute Gasteiger partial charge is 0.339 e. The molecule has 13 heteroatoms. The molecule has 1 fully saturated rings. The summed E-state index contributed by atoms with van der Waals surface area (Å²) in [6, 6.07) is 9.80. The first kappa shape index (κ1) is 27.9. The van der Waals surface area contributed by atoms with E-state index in [-0.39, 0.29) is 35.8 Å². The predicted molar refractivity (Wildman–Crippen MR) is 152 cm³/mol. The number of nitrogens with zero attached hydrogens (tertiary/aromatic N) is 6. The van der Waals surface area contributed by atoms with Gasteiger partial charge in [-0.2, -0.15) is 4.98 Å². The average molecular weight is 582 g/mol. The summed E-state index contributed by atoms with van der Waals surface area (Å²) in [5.41, 5.74) is -0.0377. The number of hydrogen-bond acceptors (Lipinski definition) is 5. The average Bonchev–Trinajstić information content (AvgIpc) is 3.36. The highest BCUT2D eigenvalue weighted by Gasteiger charge is 2.27. The maximum absolute atomic E-state index is 13.8. The Labute approximate surface area is 238 Å². The third-order valence-corrected chi connectivity index (χ3v) is 7.15. The second kappa shape index (κ2) is 11.5. The highest BCUT2D eigenvalue weighted by Crippen LogP contribution is 2.22. The Morgan fingerprint density at radius 3 is 2.39 bits per heavy atom. The molecule has 0 unspecified atom stereocenters. The van der Waals surface area contributed by atoms with E-state index in [2.05, 4.69) is 22.1 Å². The molecular formula is C28H26ClF2N7O3. The highest BCUT2D eigenvalue weighted by molar-refractivity contribution is 6.30. The van der Waals surface area contributed by atoms with E-state index in [4.69, 9.17) is 11.6 Å². The number of aromatic nitrogens is 4. The summed E-state index contributed by atoms with van der Waals surface area (Å²) in [4.78, 5) is 47.9. The fraction of sp³-hybridized carbons (Fsp3) is 0.286. The van der Waals surface area contributed by atoms with Gasteiger partial charge in [-0.05, 0) is 48.9 Å². The Hall–Kier alpha value is -4.63. The molecule has 1 aliphatic rings. The molecule has 0 bridgehead atoms. The van der Waals surface area contributed by atoms with E-state index >= 15 is 0 Å². The Bertz CT molecular complexity index is 1810. The third-order valence-electron chi connectivity index (χ3n) is 6.90. The Morgan fingerprint density at radius 1 is 1.02 bits per heavy atom. The van der Waals surface area contributed by atoms with Gasteiger partial charge in [-0.3, -0.25) is 18.5 Å². The van der Waals surface area contributed by atoms with E-state index < -0.39 is 22.9 Å².